The molecule has 90 valence electrons. The molecule has 0 heterocycles. The van der Waals surface area contributed by atoms with E-state index in [0.29, 0.717) is 12.1 Å². The van der Waals surface area contributed by atoms with Crippen LogP contribution in [0.25, 0.3) is 0 Å². The Bertz CT molecular complexity index is 460. The van der Waals surface area contributed by atoms with Gasteiger partial charge in [0.1, 0.15) is 0 Å². The Hall–Kier alpha value is -1.95. The van der Waals surface area contributed by atoms with Gasteiger partial charge in [-0.05, 0) is 29.9 Å². The lowest BCUT2D eigenvalue weighted by Gasteiger charge is -2.10. The third kappa shape index (κ3) is 4.20. The number of hydrogen-bond acceptors (Lipinski definition) is 4. The first-order valence-corrected chi connectivity index (χ1v) is 5.36. The molecular weight excluding hydrogens is 240 g/mol. The van der Waals surface area contributed by atoms with Gasteiger partial charge in [0.15, 0.2) is 5.11 Å². The summed E-state index contributed by atoms with van der Waals surface area (Å²) in [4.78, 5) is 21.7. The van der Waals surface area contributed by atoms with E-state index in [2.05, 4.69) is 10.6 Å². The predicted octanol–water partition coefficient (Wildman–Crippen LogP) is 0.273. The molecule has 0 aromatic heterocycles. The number of amides is 1. The molecular formula is C11H11N2O3S-. The quantitative estimate of drug-likeness (QED) is 0.754. The summed E-state index contributed by atoms with van der Waals surface area (Å²) in [5.74, 6) is -1.48. The highest BCUT2D eigenvalue weighted by Gasteiger charge is 2.02. The van der Waals surface area contributed by atoms with Gasteiger partial charge in [0.2, 0.25) is 5.91 Å². The van der Waals surface area contributed by atoms with Crippen LogP contribution in [0.5, 0.6) is 0 Å². The average Bonchev–Trinajstić information content (AvgIpc) is 2.28. The van der Waals surface area contributed by atoms with Crippen molar-refractivity contribution in [2.24, 2.45) is 0 Å². The van der Waals surface area contributed by atoms with Crippen LogP contribution in [0.2, 0.25) is 0 Å². The van der Waals surface area contributed by atoms with Crippen molar-refractivity contribution in [3.05, 3.63) is 29.8 Å². The molecule has 1 rings (SSSR count). The number of carbonyl (C=O) groups excluding carboxylic acids is 2. The lowest BCUT2D eigenvalue weighted by molar-refractivity contribution is -0.255. The van der Waals surface area contributed by atoms with Gasteiger partial charge in [-0.2, -0.15) is 0 Å². The van der Waals surface area contributed by atoms with E-state index in [4.69, 9.17) is 12.2 Å². The van der Waals surface area contributed by atoms with Crippen molar-refractivity contribution in [1.29, 1.82) is 0 Å². The molecule has 0 saturated heterocycles. The molecule has 2 N–H and O–H groups in total. The number of anilines is 1. The SMILES string of the molecule is CCC(=O)NC(=S)Nc1cccc(C(=O)[O-])c1. The number of carboxylic acids is 1. The summed E-state index contributed by atoms with van der Waals surface area (Å²) in [5, 5.41) is 15.9. The number of rotatable bonds is 3. The van der Waals surface area contributed by atoms with E-state index in [1.54, 1.807) is 19.1 Å². The first-order chi connectivity index (χ1) is 8.02. The van der Waals surface area contributed by atoms with Crippen molar-refractivity contribution < 1.29 is 14.7 Å². The van der Waals surface area contributed by atoms with E-state index in [-0.39, 0.29) is 16.6 Å². The maximum absolute atomic E-state index is 11.0. The zero-order chi connectivity index (χ0) is 12.8. The van der Waals surface area contributed by atoms with Gasteiger partial charge < -0.3 is 20.5 Å². The number of carbonyl (C=O) groups is 2. The summed E-state index contributed by atoms with van der Waals surface area (Å²) in [5.41, 5.74) is 0.521. The van der Waals surface area contributed by atoms with Crippen LogP contribution >= 0.6 is 12.2 Å². The lowest BCUT2D eigenvalue weighted by Crippen LogP contribution is -2.33. The van der Waals surface area contributed by atoms with Crippen LogP contribution in [-0.4, -0.2) is 17.0 Å². The lowest BCUT2D eigenvalue weighted by atomic mass is 10.2. The first kappa shape index (κ1) is 13.1. The number of carboxylic acid groups (broad SMARTS) is 1. The molecule has 0 aliphatic carbocycles. The van der Waals surface area contributed by atoms with Crippen LogP contribution in [-0.2, 0) is 4.79 Å². The minimum Gasteiger partial charge on any atom is -0.545 e. The van der Waals surface area contributed by atoms with Crippen molar-refractivity contribution in [2.45, 2.75) is 13.3 Å². The van der Waals surface area contributed by atoms with E-state index in [0.717, 1.165) is 0 Å². The Labute approximate surface area is 104 Å². The zero-order valence-corrected chi connectivity index (χ0v) is 9.97. The van der Waals surface area contributed by atoms with Crippen LogP contribution in [0.15, 0.2) is 24.3 Å². The van der Waals surface area contributed by atoms with Crippen molar-refractivity contribution in [1.82, 2.24) is 5.32 Å². The van der Waals surface area contributed by atoms with E-state index < -0.39 is 5.97 Å². The van der Waals surface area contributed by atoms with Gasteiger partial charge in [-0.3, -0.25) is 4.79 Å². The van der Waals surface area contributed by atoms with Gasteiger partial charge >= 0.3 is 0 Å². The zero-order valence-electron chi connectivity index (χ0n) is 9.15. The second-order valence-corrected chi connectivity index (χ2v) is 3.63. The Balaban J connectivity index is 2.68. The maximum Gasteiger partial charge on any atom is 0.225 e. The summed E-state index contributed by atoms with van der Waals surface area (Å²) in [6, 6.07) is 5.97. The van der Waals surface area contributed by atoms with Crippen molar-refractivity contribution in [2.75, 3.05) is 5.32 Å². The summed E-state index contributed by atoms with van der Waals surface area (Å²) >= 11 is 4.88. The van der Waals surface area contributed by atoms with E-state index in [9.17, 15) is 14.7 Å². The molecule has 0 fully saturated rings. The Morgan fingerprint density at radius 3 is 2.71 bits per heavy atom. The standard InChI is InChI=1S/C11H12N2O3S/c1-2-9(14)13-11(17)12-8-5-3-4-7(6-8)10(15)16/h3-6H,2H2,1H3,(H,15,16)(H2,12,13,14,17)/p-1. The van der Waals surface area contributed by atoms with Crippen LogP contribution in [0.1, 0.15) is 23.7 Å². The second-order valence-electron chi connectivity index (χ2n) is 3.22. The van der Waals surface area contributed by atoms with Crippen LogP contribution < -0.4 is 15.7 Å². The number of aromatic carboxylic acids is 1. The van der Waals surface area contributed by atoms with E-state index in [1.165, 1.54) is 12.1 Å². The topological polar surface area (TPSA) is 81.3 Å². The molecule has 0 bridgehead atoms. The highest BCUT2D eigenvalue weighted by Crippen LogP contribution is 2.09. The molecule has 5 nitrogen and oxygen atoms in total. The normalized spacial score (nSPS) is 9.47. The Morgan fingerprint density at radius 1 is 1.41 bits per heavy atom. The van der Waals surface area contributed by atoms with Gasteiger partial charge in [0.05, 0.1) is 5.97 Å². The molecule has 0 aliphatic heterocycles. The van der Waals surface area contributed by atoms with Crippen molar-refractivity contribution in [3.8, 4) is 0 Å². The third-order valence-electron chi connectivity index (χ3n) is 1.93. The maximum atomic E-state index is 11.0. The molecule has 0 unspecified atom stereocenters. The number of thiocarbonyl (C=S) groups is 1. The Kier molecular flexibility index (Phi) is 4.59. The predicted molar refractivity (Wildman–Crippen MR) is 65.4 cm³/mol. The van der Waals surface area contributed by atoms with Gasteiger partial charge in [0, 0.05) is 12.1 Å². The Morgan fingerprint density at radius 2 is 2.12 bits per heavy atom. The molecule has 1 aromatic rings. The summed E-state index contributed by atoms with van der Waals surface area (Å²) in [6.45, 7) is 1.70. The fourth-order valence-corrected chi connectivity index (χ4v) is 1.33. The first-order valence-electron chi connectivity index (χ1n) is 4.95. The number of nitrogens with one attached hydrogen (secondary N) is 2. The minimum absolute atomic E-state index is 0.0413. The van der Waals surface area contributed by atoms with Crippen LogP contribution in [0.3, 0.4) is 0 Å². The van der Waals surface area contributed by atoms with Crippen LogP contribution in [0, 0.1) is 0 Å². The van der Waals surface area contributed by atoms with Crippen LogP contribution in [0.4, 0.5) is 5.69 Å². The fraction of sp³-hybridized carbons (Fsp3) is 0.182. The van der Waals surface area contributed by atoms with Gasteiger partial charge in [0.25, 0.3) is 0 Å². The molecule has 0 atom stereocenters. The largest absolute Gasteiger partial charge is 0.545 e. The molecule has 0 spiro atoms. The summed E-state index contributed by atoms with van der Waals surface area (Å²) in [6.07, 6.45) is 0.320. The monoisotopic (exact) mass is 251 g/mol. The van der Waals surface area contributed by atoms with Gasteiger partial charge in [-0.1, -0.05) is 19.1 Å². The highest BCUT2D eigenvalue weighted by atomic mass is 32.1. The van der Waals surface area contributed by atoms with Crippen molar-refractivity contribution >= 4 is 34.9 Å². The van der Waals surface area contributed by atoms with E-state index >= 15 is 0 Å². The fourth-order valence-electron chi connectivity index (χ4n) is 1.10. The van der Waals surface area contributed by atoms with Gasteiger partial charge in [-0.25, -0.2) is 0 Å². The third-order valence-corrected chi connectivity index (χ3v) is 2.13. The smallest absolute Gasteiger partial charge is 0.225 e. The van der Waals surface area contributed by atoms with E-state index in [1.807, 2.05) is 0 Å². The van der Waals surface area contributed by atoms with Crippen molar-refractivity contribution in [3.63, 3.8) is 0 Å². The molecule has 0 saturated carbocycles. The highest BCUT2D eigenvalue weighted by molar-refractivity contribution is 7.80. The van der Waals surface area contributed by atoms with Gasteiger partial charge in [-0.15, -0.1) is 0 Å². The molecule has 1 aromatic carbocycles. The summed E-state index contributed by atoms with van der Waals surface area (Å²) in [7, 11) is 0. The molecule has 1 amide bonds. The minimum atomic E-state index is -1.27. The summed E-state index contributed by atoms with van der Waals surface area (Å²) < 4.78 is 0. The molecule has 0 aliphatic rings. The molecule has 6 heteroatoms. The molecule has 17 heavy (non-hydrogen) atoms. The molecule has 0 radical (unpaired) electrons. The number of hydrogen-bond donors (Lipinski definition) is 2. The number of benzene rings is 1. The second kappa shape index (κ2) is 5.95. The average molecular weight is 251 g/mol.